The van der Waals surface area contributed by atoms with Gasteiger partial charge in [-0.15, -0.1) is 0 Å². The molecule has 0 saturated heterocycles. The first kappa shape index (κ1) is 12.4. The number of fused-ring (bicyclic) bond motifs is 1. The number of anilines is 1. The first-order valence-electron chi connectivity index (χ1n) is 6.28. The lowest BCUT2D eigenvalue weighted by molar-refractivity contribution is 0.468. The van der Waals surface area contributed by atoms with Crippen LogP contribution in [-0.2, 0) is 6.54 Å². The molecule has 1 aromatic heterocycles. The quantitative estimate of drug-likeness (QED) is 0.761. The van der Waals surface area contributed by atoms with Gasteiger partial charge >= 0.3 is 0 Å². The maximum Gasteiger partial charge on any atom is 0.127 e. The maximum atomic E-state index is 13.2. The van der Waals surface area contributed by atoms with Crippen LogP contribution in [0.2, 0.25) is 0 Å². The van der Waals surface area contributed by atoms with Crippen LogP contribution in [0.1, 0.15) is 5.56 Å². The summed E-state index contributed by atoms with van der Waals surface area (Å²) in [7, 11) is 0. The molecular weight excluding hydrogens is 255 g/mol. The lowest BCUT2D eigenvalue weighted by atomic mass is 10.1. The molecule has 0 spiro atoms. The van der Waals surface area contributed by atoms with Crippen molar-refractivity contribution < 1.29 is 9.50 Å². The van der Waals surface area contributed by atoms with E-state index in [1.165, 1.54) is 6.07 Å². The fourth-order valence-electron chi connectivity index (χ4n) is 2.19. The van der Waals surface area contributed by atoms with Crippen molar-refractivity contribution in [2.24, 2.45) is 0 Å². The summed E-state index contributed by atoms with van der Waals surface area (Å²) >= 11 is 0. The first-order chi connectivity index (χ1) is 9.72. The fourth-order valence-corrected chi connectivity index (χ4v) is 2.19. The topological polar surface area (TPSA) is 45.1 Å². The minimum atomic E-state index is -0.443. The molecule has 0 saturated carbocycles. The first-order valence-corrected chi connectivity index (χ1v) is 6.28. The second-order valence-electron chi connectivity index (χ2n) is 4.55. The van der Waals surface area contributed by atoms with Gasteiger partial charge in [-0.3, -0.25) is 4.98 Å². The predicted molar refractivity (Wildman–Crippen MR) is 77.1 cm³/mol. The number of phenols is 1. The van der Waals surface area contributed by atoms with Crippen LogP contribution in [0.25, 0.3) is 10.9 Å². The van der Waals surface area contributed by atoms with Crippen LogP contribution >= 0.6 is 0 Å². The summed E-state index contributed by atoms with van der Waals surface area (Å²) in [6.45, 7) is 0.430. The van der Waals surface area contributed by atoms with E-state index in [1.807, 2.05) is 30.3 Å². The van der Waals surface area contributed by atoms with E-state index >= 15 is 0 Å². The second kappa shape index (κ2) is 5.17. The number of aromatic hydroxyl groups is 1. The molecule has 0 radical (unpaired) electrons. The molecule has 0 fully saturated rings. The molecule has 3 rings (SSSR count). The Hall–Kier alpha value is -2.62. The third-order valence-electron chi connectivity index (χ3n) is 3.07. The van der Waals surface area contributed by atoms with E-state index in [1.54, 1.807) is 12.3 Å². The molecule has 20 heavy (non-hydrogen) atoms. The SMILES string of the molecule is Oc1cc(F)cc(CNc2cccc3ncccc23)c1. The Morgan fingerprint density at radius 2 is 2.00 bits per heavy atom. The van der Waals surface area contributed by atoms with Crippen molar-refractivity contribution in [1.29, 1.82) is 0 Å². The summed E-state index contributed by atoms with van der Waals surface area (Å²) in [5.41, 5.74) is 2.52. The molecule has 3 nitrogen and oxygen atoms in total. The van der Waals surface area contributed by atoms with Gasteiger partial charge in [0.15, 0.2) is 0 Å². The summed E-state index contributed by atoms with van der Waals surface area (Å²) in [5.74, 6) is -0.511. The van der Waals surface area contributed by atoms with Crippen LogP contribution in [0.3, 0.4) is 0 Å². The van der Waals surface area contributed by atoms with Crippen molar-refractivity contribution in [3.63, 3.8) is 0 Å². The number of halogens is 1. The van der Waals surface area contributed by atoms with Gasteiger partial charge in [0.1, 0.15) is 11.6 Å². The number of hydrogen-bond acceptors (Lipinski definition) is 3. The number of phenolic OH excluding ortho intramolecular Hbond substituents is 1. The number of pyridine rings is 1. The monoisotopic (exact) mass is 268 g/mol. The average Bonchev–Trinajstić information content (AvgIpc) is 2.44. The van der Waals surface area contributed by atoms with Crippen molar-refractivity contribution in [3.05, 3.63) is 66.1 Å². The zero-order valence-electron chi connectivity index (χ0n) is 10.7. The largest absolute Gasteiger partial charge is 0.508 e. The lowest BCUT2D eigenvalue weighted by Crippen LogP contribution is -2.00. The van der Waals surface area contributed by atoms with Gasteiger partial charge in [-0.1, -0.05) is 6.07 Å². The van der Waals surface area contributed by atoms with Crippen LogP contribution in [0.5, 0.6) is 5.75 Å². The van der Waals surface area contributed by atoms with Gasteiger partial charge in [0.25, 0.3) is 0 Å². The van der Waals surface area contributed by atoms with E-state index in [0.717, 1.165) is 22.7 Å². The number of aromatic nitrogens is 1. The zero-order valence-corrected chi connectivity index (χ0v) is 10.7. The molecule has 2 aromatic carbocycles. The molecule has 0 aliphatic rings. The number of benzene rings is 2. The molecule has 0 unspecified atom stereocenters. The van der Waals surface area contributed by atoms with E-state index < -0.39 is 5.82 Å². The van der Waals surface area contributed by atoms with Gasteiger partial charge in [-0.2, -0.15) is 0 Å². The van der Waals surface area contributed by atoms with Crippen molar-refractivity contribution in [2.75, 3.05) is 5.32 Å². The van der Waals surface area contributed by atoms with Crippen molar-refractivity contribution in [1.82, 2.24) is 4.98 Å². The van der Waals surface area contributed by atoms with E-state index in [4.69, 9.17) is 0 Å². The van der Waals surface area contributed by atoms with Crippen molar-refractivity contribution in [2.45, 2.75) is 6.54 Å². The highest BCUT2D eigenvalue weighted by Crippen LogP contribution is 2.22. The Bertz CT molecular complexity index is 733. The van der Waals surface area contributed by atoms with Crippen LogP contribution in [-0.4, -0.2) is 10.1 Å². The highest BCUT2D eigenvalue weighted by atomic mass is 19.1. The van der Waals surface area contributed by atoms with E-state index in [0.29, 0.717) is 12.1 Å². The summed E-state index contributed by atoms with van der Waals surface area (Å²) in [4.78, 5) is 4.29. The minimum absolute atomic E-state index is 0.0682. The Morgan fingerprint density at radius 1 is 1.10 bits per heavy atom. The molecule has 100 valence electrons. The number of rotatable bonds is 3. The highest BCUT2D eigenvalue weighted by Gasteiger charge is 2.03. The summed E-state index contributed by atoms with van der Waals surface area (Å²) in [5, 5.41) is 13.6. The molecule has 1 heterocycles. The molecule has 0 bridgehead atoms. The lowest BCUT2D eigenvalue weighted by Gasteiger charge is -2.10. The van der Waals surface area contributed by atoms with Crippen molar-refractivity contribution in [3.8, 4) is 5.75 Å². The molecule has 0 aliphatic carbocycles. The van der Waals surface area contributed by atoms with Gasteiger partial charge in [0.2, 0.25) is 0 Å². The molecule has 0 atom stereocenters. The van der Waals surface area contributed by atoms with Gasteiger partial charge in [-0.05, 0) is 42.0 Å². The van der Waals surface area contributed by atoms with Gasteiger partial charge in [0.05, 0.1) is 5.52 Å². The smallest absolute Gasteiger partial charge is 0.127 e. The molecule has 4 heteroatoms. The van der Waals surface area contributed by atoms with E-state index in [-0.39, 0.29) is 5.75 Å². The molecule has 0 amide bonds. The third kappa shape index (κ3) is 2.54. The zero-order chi connectivity index (χ0) is 13.9. The van der Waals surface area contributed by atoms with E-state index in [2.05, 4.69) is 10.3 Å². The maximum absolute atomic E-state index is 13.2. The predicted octanol–water partition coefficient (Wildman–Crippen LogP) is 3.69. The highest BCUT2D eigenvalue weighted by molar-refractivity contribution is 5.91. The number of nitrogens with one attached hydrogen (secondary N) is 1. The Balaban J connectivity index is 1.87. The Labute approximate surface area is 115 Å². The normalized spacial score (nSPS) is 10.7. The summed E-state index contributed by atoms with van der Waals surface area (Å²) in [6.07, 6.45) is 1.75. The average molecular weight is 268 g/mol. The standard InChI is InChI=1S/C16H13FN2O/c17-12-7-11(8-13(20)9-12)10-19-16-5-1-4-15-14(16)3-2-6-18-15/h1-9,19-20H,10H2. The summed E-state index contributed by atoms with van der Waals surface area (Å²) < 4.78 is 13.2. The fraction of sp³-hybridized carbons (Fsp3) is 0.0625. The molecule has 0 aliphatic heterocycles. The van der Waals surface area contributed by atoms with E-state index in [9.17, 15) is 9.50 Å². The molecule has 3 aromatic rings. The van der Waals surface area contributed by atoms with Crippen LogP contribution in [0.15, 0.2) is 54.7 Å². The van der Waals surface area contributed by atoms with Gasteiger partial charge < -0.3 is 10.4 Å². The molecular formula is C16H13FN2O. The third-order valence-corrected chi connectivity index (χ3v) is 3.07. The van der Waals surface area contributed by atoms with Crippen LogP contribution in [0, 0.1) is 5.82 Å². The second-order valence-corrected chi connectivity index (χ2v) is 4.55. The molecule has 2 N–H and O–H groups in total. The Kier molecular flexibility index (Phi) is 3.21. The number of nitrogens with zero attached hydrogens (tertiary/aromatic N) is 1. The van der Waals surface area contributed by atoms with Gasteiger partial charge in [0, 0.05) is 29.9 Å². The Morgan fingerprint density at radius 3 is 2.85 bits per heavy atom. The summed E-state index contributed by atoms with van der Waals surface area (Å²) in [6, 6.07) is 13.7. The van der Waals surface area contributed by atoms with Gasteiger partial charge in [-0.25, -0.2) is 4.39 Å². The number of hydrogen-bond donors (Lipinski definition) is 2. The minimum Gasteiger partial charge on any atom is -0.508 e. The van der Waals surface area contributed by atoms with Crippen LogP contribution < -0.4 is 5.32 Å². The van der Waals surface area contributed by atoms with Crippen molar-refractivity contribution >= 4 is 16.6 Å². The van der Waals surface area contributed by atoms with Crippen LogP contribution in [0.4, 0.5) is 10.1 Å².